The fraction of sp³-hybridized carbons (Fsp3) is 0.519. The summed E-state index contributed by atoms with van der Waals surface area (Å²) >= 11 is 0. The molecule has 2 rings (SSSR count). The van der Waals surface area contributed by atoms with Crippen molar-refractivity contribution < 1.29 is 18.9 Å². The number of benzene rings is 2. The molecule has 180 valence electrons. The van der Waals surface area contributed by atoms with Crippen molar-refractivity contribution in [2.24, 2.45) is 5.92 Å². The van der Waals surface area contributed by atoms with Gasteiger partial charge in [0.15, 0.2) is 23.0 Å². The van der Waals surface area contributed by atoms with Crippen LogP contribution in [0.3, 0.4) is 0 Å². The largest absolute Gasteiger partial charge is 0.493 e. The molecule has 33 heavy (non-hydrogen) atoms. The van der Waals surface area contributed by atoms with Crippen molar-refractivity contribution in [2.45, 2.75) is 52.2 Å². The number of likely N-dealkylation sites (N-methyl/N-ethyl adjacent to an activating group) is 1. The van der Waals surface area contributed by atoms with Gasteiger partial charge in [0.2, 0.25) is 0 Å². The number of rotatable bonds is 13. The Morgan fingerprint density at radius 2 is 1.45 bits per heavy atom. The molecule has 6 heteroatoms. The van der Waals surface area contributed by atoms with Gasteiger partial charge in [-0.2, -0.15) is 5.26 Å². The summed E-state index contributed by atoms with van der Waals surface area (Å²) in [6, 6.07) is 14.2. The summed E-state index contributed by atoms with van der Waals surface area (Å²) in [7, 11) is 7.10. The highest BCUT2D eigenvalue weighted by molar-refractivity contribution is 5.44. The summed E-state index contributed by atoms with van der Waals surface area (Å²) in [5.74, 6) is 3.17. The Balaban J connectivity index is 2.15. The van der Waals surface area contributed by atoms with E-state index in [1.807, 2.05) is 30.3 Å². The first-order chi connectivity index (χ1) is 15.9. The average molecular weight is 455 g/mol. The third-order valence-corrected chi connectivity index (χ3v) is 6.00. The standard InChI is InChI=1S/C27H38N2O4/c1-8-22(29(4)16-14-21-9-11-23(30-5)25(18-21)31-6)27(19(2)3)33-24-12-10-20(13-15-28)17-26(24)32-7/h9-12,17-19,22,27H,8,13-14,16H2,1-7H3. The van der Waals surface area contributed by atoms with E-state index >= 15 is 0 Å². The monoisotopic (exact) mass is 454 g/mol. The first kappa shape index (κ1) is 26.3. The van der Waals surface area contributed by atoms with E-state index in [9.17, 15) is 0 Å². The summed E-state index contributed by atoms with van der Waals surface area (Å²) < 4.78 is 22.9. The lowest BCUT2D eigenvalue weighted by molar-refractivity contribution is 0.0462. The third kappa shape index (κ3) is 7.03. The van der Waals surface area contributed by atoms with Crippen molar-refractivity contribution in [3.63, 3.8) is 0 Å². The molecule has 2 unspecified atom stereocenters. The van der Waals surface area contributed by atoms with E-state index in [2.05, 4.69) is 44.9 Å². The molecule has 0 N–H and O–H groups in total. The molecule has 0 aliphatic rings. The molecule has 0 spiro atoms. The quantitative estimate of drug-likeness (QED) is 0.418. The Kier molecular flexibility index (Phi) is 10.3. The highest BCUT2D eigenvalue weighted by Gasteiger charge is 2.29. The number of methoxy groups -OCH3 is 3. The molecule has 0 bridgehead atoms. The maximum atomic E-state index is 8.98. The summed E-state index contributed by atoms with van der Waals surface area (Å²) in [4.78, 5) is 2.37. The van der Waals surface area contributed by atoms with Gasteiger partial charge in [0.1, 0.15) is 6.10 Å². The lowest BCUT2D eigenvalue weighted by Crippen LogP contribution is -2.47. The Morgan fingerprint density at radius 1 is 0.879 bits per heavy atom. The predicted octanol–water partition coefficient (Wildman–Crippen LogP) is 5.13. The van der Waals surface area contributed by atoms with Gasteiger partial charge >= 0.3 is 0 Å². The number of ether oxygens (including phenoxy) is 4. The van der Waals surface area contributed by atoms with Gasteiger partial charge < -0.3 is 18.9 Å². The molecule has 0 aliphatic carbocycles. The fourth-order valence-corrected chi connectivity index (χ4v) is 4.12. The molecule has 0 heterocycles. The van der Waals surface area contributed by atoms with E-state index in [1.54, 1.807) is 21.3 Å². The van der Waals surface area contributed by atoms with E-state index in [-0.39, 0.29) is 12.1 Å². The topological polar surface area (TPSA) is 64.0 Å². The summed E-state index contributed by atoms with van der Waals surface area (Å²) in [6.07, 6.45) is 2.19. The van der Waals surface area contributed by atoms with Crippen LogP contribution in [0, 0.1) is 17.2 Å². The summed E-state index contributed by atoms with van der Waals surface area (Å²) in [5.41, 5.74) is 2.12. The van der Waals surface area contributed by atoms with Gasteiger partial charge in [-0.3, -0.25) is 4.90 Å². The highest BCUT2D eigenvalue weighted by Crippen LogP contribution is 2.32. The average Bonchev–Trinajstić information content (AvgIpc) is 2.82. The van der Waals surface area contributed by atoms with Crippen LogP contribution in [0.25, 0.3) is 0 Å². The summed E-state index contributed by atoms with van der Waals surface area (Å²) in [6.45, 7) is 7.46. The minimum atomic E-state index is -0.0129. The second-order valence-electron chi connectivity index (χ2n) is 8.54. The number of hydrogen-bond acceptors (Lipinski definition) is 6. The Morgan fingerprint density at radius 3 is 2.03 bits per heavy atom. The van der Waals surface area contributed by atoms with Gasteiger partial charge in [-0.1, -0.05) is 32.9 Å². The van der Waals surface area contributed by atoms with E-state index < -0.39 is 0 Å². The molecular weight excluding hydrogens is 416 g/mol. The van der Waals surface area contributed by atoms with Gasteiger partial charge in [-0.05, 0) is 61.2 Å². The van der Waals surface area contributed by atoms with Crippen LogP contribution in [-0.2, 0) is 12.8 Å². The van der Waals surface area contributed by atoms with Crippen molar-refractivity contribution in [1.29, 1.82) is 5.26 Å². The van der Waals surface area contributed by atoms with Crippen molar-refractivity contribution in [3.05, 3.63) is 47.5 Å². The molecule has 0 fully saturated rings. The van der Waals surface area contributed by atoms with Crippen LogP contribution in [0.2, 0.25) is 0 Å². The zero-order chi connectivity index (χ0) is 24.4. The maximum absolute atomic E-state index is 8.98. The van der Waals surface area contributed by atoms with Crippen molar-refractivity contribution in [2.75, 3.05) is 34.9 Å². The van der Waals surface area contributed by atoms with Crippen LogP contribution in [0.1, 0.15) is 38.3 Å². The van der Waals surface area contributed by atoms with E-state index in [1.165, 1.54) is 5.56 Å². The van der Waals surface area contributed by atoms with Crippen LogP contribution >= 0.6 is 0 Å². The molecule has 0 radical (unpaired) electrons. The number of nitrogens with zero attached hydrogens (tertiary/aromatic N) is 2. The van der Waals surface area contributed by atoms with Crippen LogP contribution in [0.15, 0.2) is 36.4 Å². The first-order valence-electron chi connectivity index (χ1n) is 11.5. The molecule has 6 nitrogen and oxygen atoms in total. The van der Waals surface area contributed by atoms with E-state index in [0.29, 0.717) is 23.8 Å². The van der Waals surface area contributed by atoms with Crippen molar-refractivity contribution in [1.82, 2.24) is 4.90 Å². The third-order valence-electron chi connectivity index (χ3n) is 6.00. The zero-order valence-electron chi connectivity index (χ0n) is 21.1. The molecule has 2 atom stereocenters. The highest BCUT2D eigenvalue weighted by atomic mass is 16.5. The molecule has 0 aliphatic heterocycles. The molecule has 0 saturated heterocycles. The lowest BCUT2D eigenvalue weighted by Gasteiger charge is -2.36. The van der Waals surface area contributed by atoms with Gasteiger partial charge in [0.05, 0.1) is 33.8 Å². The van der Waals surface area contributed by atoms with E-state index in [0.717, 1.165) is 36.4 Å². The Hall–Kier alpha value is -2.91. The van der Waals surface area contributed by atoms with Crippen LogP contribution in [0.4, 0.5) is 0 Å². The fourth-order valence-electron chi connectivity index (χ4n) is 4.12. The van der Waals surface area contributed by atoms with Crippen LogP contribution in [-0.4, -0.2) is 52.0 Å². The van der Waals surface area contributed by atoms with Crippen LogP contribution in [0.5, 0.6) is 23.0 Å². The molecular formula is C27H38N2O4. The van der Waals surface area contributed by atoms with Gasteiger partial charge in [0, 0.05) is 12.6 Å². The molecule has 2 aromatic rings. The molecule has 0 aromatic heterocycles. The Labute approximate surface area is 199 Å². The normalized spacial score (nSPS) is 12.8. The molecule has 0 amide bonds. The van der Waals surface area contributed by atoms with Gasteiger partial charge in [0.25, 0.3) is 0 Å². The summed E-state index contributed by atoms with van der Waals surface area (Å²) in [5, 5.41) is 8.98. The zero-order valence-corrected chi connectivity index (χ0v) is 21.1. The molecule has 2 aromatic carbocycles. The van der Waals surface area contributed by atoms with E-state index in [4.69, 9.17) is 24.2 Å². The second kappa shape index (κ2) is 13.0. The Bertz CT molecular complexity index is 923. The van der Waals surface area contributed by atoms with Gasteiger partial charge in [-0.25, -0.2) is 0 Å². The SMILES string of the molecule is CCC(C(Oc1ccc(CC#N)cc1OC)C(C)C)N(C)CCc1ccc(OC)c(OC)c1. The van der Waals surface area contributed by atoms with Crippen molar-refractivity contribution >= 4 is 0 Å². The molecule has 0 saturated carbocycles. The lowest BCUT2D eigenvalue weighted by atomic mass is 9.95. The number of hydrogen-bond donors (Lipinski definition) is 0. The number of nitriles is 1. The van der Waals surface area contributed by atoms with Gasteiger partial charge in [-0.15, -0.1) is 0 Å². The van der Waals surface area contributed by atoms with Crippen molar-refractivity contribution in [3.8, 4) is 29.1 Å². The smallest absolute Gasteiger partial charge is 0.161 e. The maximum Gasteiger partial charge on any atom is 0.161 e. The second-order valence-corrected chi connectivity index (χ2v) is 8.54. The predicted molar refractivity (Wildman–Crippen MR) is 132 cm³/mol. The van der Waals surface area contributed by atoms with Crippen LogP contribution < -0.4 is 18.9 Å². The first-order valence-corrected chi connectivity index (χ1v) is 11.5. The minimum absolute atomic E-state index is 0.0129. The minimum Gasteiger partial charge on any atom is -0.493 e.